The molecular weight excluding hydrogens is 635 g/mol. The Balaban J connectivity index is 1.02. The van der Waals surface area contributed by atoms with Gasteiger partial charge in [-0.1, -0.05) is 78.4 Å². The van der Waals surface area contributed by atoms with Gasteiger partial charge in [-0.2, -0.15) is 0 Å². The van der Waals surface area contributed by atoms with Gasteiger partial charge in [-0.3, -0.25) is 4.79 Å². The summed E-state index contributed by atoms with van der Waals surface area (Å²) in [5, 5.41) is 33.0. The van der Waals surface area contributed by atoms with Crippen molar-refractivity contribution in [1.29, 1.82) is 0 Å². The van der Waals surface area contributed by atoms with Gasteiger partial charge in [0.15, 0.2) is 0 Å². The zero-order valence-corrected chi connectivity index (χ0v) is 32.5. The Kier molecular flexibility index (Phi) is 14.1. The second-order valence-corrected chi connectivity index (χ2v) is 18.9. The van der Waals surface area contributed by atoms with Crippen molar-refractivity contribution in [2.75, 3.05) is 19.0 Å². The summed E-state index contributed by atoms with van der Waals surface area (Å²) in [7, 11) is 0. The first-order chi connectivity index (χ1) is 23.4. The predicted molar refractivity (Wildman–Crippen MR) is 199 cm³/mol. The van der Waals surface area contributed by atoms with Crippen LogP contribution in [0.4, 0.5) is 0 Å². The first-order valence-electron chi connectivity index (χ1n) is 20.2. The Bertz CT molecular complexity index is 1100. The summed E-state index contributed by atoms with van der Waals surface area (Å²) in [5.74, 6) is 5.80. The van der Waals surface area contributed by atoms with Crippen LogP contribution in [0.25, 0.3) is 0 Å². The average molecular weight is 706 g/mol. The van der Waals surface area contributed by atoms with Crippen LogP contribution in [0.2, 0.25) is 0 Å². The van der Waals surface area contributed by atoms with Gasteiger partial charge in [-0.25, -0.2) is 0 Å². The third-order valence-corrected chi connectivity index (χ3v) is 15.4. The van der Waals surface area contributed by atoms with E-state index in [4.69, 9.17) is 9.47 Å². The molecule has 5 aliphatic rings. The van der Waals surface area contributed by atoms with Gasteiger partial charge in [-0.15, -0.1) is 11.8 Å². The number of hydrogen-bond donors (Lipinski definition) is 4. The predicted octanol–water partition coefficient (Wildman–Crippen LogP) is 7.65. The SMILES string of the molecule is CC(=O)N[C@@H]1[C@@H](O)[C@H](O)[C@@H](CO)O[C@H]1SCCCCCCO[C@H]1CC[C@@]2(C)C(=CCC3C2CC[C@@]2(C)C3CC[C@@H]2[C@H](C)CCCC(C)C)C1. The molecule has 4 aliphatic carbocycles. The number of thioether (sulfide) groups is 1. The van der Waals surface area contributed by atoms with Gasteiger partial charge >= 0.3 is 0 Å². The minimum Gasteiger partial charge on any atom is -0.394 e. The lowest BCUT2D eigenvalue weighted by Gasteiger charge is -2.58. The highest BCUT2D eigenvalue weighted by atomic mass is 32.2. The molecule has 1 heterocycles. The summed E-state index contributed by atoms with van der Waals surface area (Å²) in [6, 6.07) is -0.706. The summed E-state index contributed by atoms with van der Waals surface area (Å²) in [5.41, 5.74) is 2.12. The molecule has 7 nitrogen and oxygen atoms in total. The van der Waals surface area contributed by atoms with E-state index in [2.05, 4.69) is 46.0 Å². The van der Waals surface area contributed by atoms with E-state index in [0.717, 1.165) is 80.0 Å². The number of carbonyl (C=O) groups excluding carboxylic acids is 1. The lowest BCUT2D eigenvalue weighted by molar-refractivity contribution is -0.173. The van der Waals surface area contributed by atoms with Crippen LogP contribution in [0.15, 0.2) is 11.6 Å². The zero-order valence-electron chi connectivity index (χ0n) is 31.7. The van der Waals surface area contributed by atoms with Gasteiger partial charge in [0, 0.05) is 13.5 Å². The molecule has 0 aromatic carbocycles. The Labute approximate surface area is 302 Å². The number of aliphatic hydroxyl groups excluding tert-OH is 3. The number of hydrogen-bond acceptors (Lipinski definition) is 7. The van der Waals surface area contributed by atoms with Crippen LogP contribution in [0, 0.1) is 46.3 Å². The maximum absolute atomic E-state index is 11.7. The molecule has 282 valence electrons. The smallest absolute Gasteiger partial charge is 0.217 e. The molecule has 0 spiro atoms. The normalized spacial score (nSPS) is 41.1. The van der Waals surface area contributed by atoms with Crippen LogP contribution in [0.1, 0.15) is 138 Å². The standard InChI is InChI=1S/C41H71NO6S/c1-26(2)12-11-13-27(3)32-16-17-33-31-15-14-29-24-30(18-20-40(29,5)34(31)19-21-41(32,33)6)47-22-9-7-8-10-23-49-39-36(42-28(4)44)38(46)37(45)35(25-43)48-39/h14,26-27,30-39,43,45-46H,7-13,15-25H2,1-6H3,(H,42,44)/t27-,30+,31?,32-,33?,34?,35-,36-,37-,38-,39+,40+,41-/m1/s1. The van der Waals surface area contributed by atoms with Crippen molar-refractivity contribution in [3.8, 4) is 0 Å². The van der Waals surface area contributed by atoms with E-state index in [1.165, 1.54) is 82.9 Å². The van der Waals surface area contributed by atoms with Gasteiger partial charge in [0.25, 0.3) is 0 Å². The van der Waals surface area contributed by atoms with Crippen LogP contribution in [0.3, 0.4) is 0 Å². The second-order valence-electron chi connectivity index (χ2n) is 17.7. The number of aliphatic hydroxyl groups is 3. The summed E-state index contributed by atoms with van der Waals surface area (Å²) in [6.07, 6.45) is 18.9. The van der Waals surface area contributed by atoms with Gasteiger partial charge in [0.05, 0.1) is 18.8 Å². The number of nitrogens with one attached hydrogen (secondary N) is 1. The maximum Gasteiger partial charge on any atom is 0.217 e. The van der Waals surface area contributed by atoms with Crippen molar-refractivity contribution in [1.82, 2.24) is 5.32 Å². The lowest BCUT2D eigenvalue weighted by atomic mass is 9.47. The van der Waals surface area contributed by atoms with E-state index in [9.17, 15) is 20.1 Å². The molecule has 0 aromatic rings. The Morgan fingerprint density at radius 3 is 2.51 bits per heavy atom. The number of fused-ring (bicyclic) bond motifs is 5. The molecule has 1 aliphatic heterocycles. The fourth-order valence-corrected chi connectivity index (χ4v) is 12.7. The van der Waals surface area contributed by atoms with E-state index in [0.29, 0.717) is 16.9 Å². The molecule has 13 atom stereocenters. The van der Waals surface area contributed by atoms with Crippen LogP contribution in [0.5, 0.6) is 0 Å². The molecule has 4 N–H and O–H groups in total. The van der Waals surface area contributed by atoms with Crippen molar-refractivity contribution in [2.45, 2.75) is 174 Å². The molecule has 4 fully saturated rings. The minimum absolute atomic E-state index is 0.281. The van der Waals surface area contributed by atoms with Crippen LogP contribution >= 0.6 is 11.8 Å². The zero-order chi connectivity index (χ0) is 35.3. The Hall–Kier alpha value is -0.640. The molecule has 0 bridgehead atoms. The third kappa shape index (κ3) is 8.95. The number of ether oxygens (including phenoxy) is 2. The second kappa shape index (κ2) is 17.5. The van der Waals surface area contributed by atoms with E-state index < -0.39 is 29.8 Å². The number of allylic oxidation sites excluding steroid dienone is 1. The fourth-order valence-electron chi connectivity index (χ4n) is 11.4. The van der Waals surface area contributed by atoms with E-state index in [1.54, 1.807) is 5.57 Å². The third-order valence-electron chi connectivity index (χ3n) is 14.2. The van der Waals surface area contributed by atoms with Crippen molar-refractivity contribution in [3.05, 3.63) is 11.6 Å². The quantitative estimate of drug-likeness (QED) is 0.0966. The molecule has 3 saturated carbocycles. The Morgan fingerprint density at radius 1 is 1.00 bits per heavy atom. The van der Waals surface area contributed by atoms with Gasteiger partial charge in [-0.05, 0) is 116 Å². The molecule has 0 radical (unpaired) electrons. The van der Waals surface area contributed by atoms with Crippen LogP contribution in [-0.4, -0.2) is 76.1 Å². The van der Waals surface area contributed by atoms with E-state index >= 15 is 0 Å². The first kappa shape index (κ1) is 39.6. The summed E-state index contributed by atoms with van der Waals surface area (Å²) >= 11 is 1.53. The highest BCUT2D eigenvalue weighted by molar-refractivity contribution is 7.99. The highest BCUT2D eigenvalue weighted by Gasteiger charge is 2.59. The molecular formula is C41H71NO6S. The first-order valence-corrected chi connectivity index (χ1v) is 21.3. The highest BCUT2D eigenvalue weighted by Crippen LogP contribution is 2.67. The summed E-state index contributed by atoms with van der Waals surface area (Å²) in [6.45, 7) is 14.5. The van der Waals surface area contributed by atoms with Gasteiger partial charge in [0.1, 0.15) is 23.7 Å². The van der Waals surface area contributed by atoms with E-state index in [1.807, 2.05) is 0 Å². The topological polar surface area (TPSA) is 108 Å². The van der Waals surface area contributed by atoms with Gasteiger partial charge < -0.3 is 30.1 Å². The summed E-state index contributed by atoms with van der Waals surface area (Å²) < 4.78 is 12.3. The van der Waals surface area contributed by atoms with Gasteiger partial charge in [0.2, 0.25) is 5.91 Å². The summed E-state index contributed by atoms with van der Waals surface area (Å²) in [4.78, 5) is 11.7. The van der Waals surface area contributed by atoms with Crippen molar-refractivity contribution >= 4 is 17.7 Å². The molecule has 3 unspecified atom stereocenters. The number of amides is 1. The molecule has 5 rings (SSSR count). The minimum atomic E-state index is -1.23. The Morgan fingerprint density at radius 2 is 1.78 bits per heavy atom. The molecule has 1 amide bonds. The number of rotatable bonds is 16. The number of carbonyl (C=O) groups is 1. The van der Waals surface area contributed by atoms with Crippen LogP contribution in [-0.2, 0) is 14.3 Å². The lowest BCUT2D eigenvalue weighted by Crippen LogP contribution is -2.63. The average Bonchev–Trinajstić information content (AvgIpc) is 3.42. The molecule has 0 aromatic heterocycles. The maximum atomic E-state index is 11.7. The number of unbranched alkanes of at least 4 members (excludes halogenated alkanes) is 3. The monoisotopic (exact) mass is 706 g/mol. The fraction of sp³-hybridized carbons (Fsp3) is 0.927. The molecule has 1 saturated heterocycles. The largest absolute Gasteiger partial charge is 0.394 e. The van der Waals surface area contributed by atoms with Crippen molar-refractivity contribution in [2.24, 2.45) is 46.3 Å². The van der Waals surface area contributed by atoms with Crippen molar-refractivity contribution in [3.63, 3.8) is 0 Å². The molecule has 49 heavy (non-hydrogen) atoms. The van der Waals surface area contributed by atoms with E-state index in [-0.39, 0.29) is 12.5 Å². The van der Waals surface area contributed by atoms with Crippen molar-refractivity contribution < 1.29 is 29.6 Å². The van der Waals surface area contributed by atoms with Crippen LogP contribution < -0.4 is 5.32 Å². The molecule has 8 heteroatoms.